The normalized spacial score (nSPS) is 16.1. The van der Waals surface area contributed by atoms with E-state index < -0.39 is 0 Å². The summed E-state index contributed by atoms with van der Waals surface area (Å²) in [6.45, 7) is 1.96. The third-order valence-corrected chi connectivity index (χ3v) is 4.02. The Morgan fingerprint density at radius 1 is 1.38 bits per heavy atom. The highest BCUT2D eigenvalue weighted by Gasteiger charge is 2.22. The first-order valence-corrected chi connectivity index (χ1v) is 7.24. The fourth-order valence-corrected chi connectivity index (χ4v) is 2.66. The smallest absolute Gasteiger partial charge is 0.261 e. The summed E-state index contributed by atoms with van der Waals surface area (Å²) in [4.78, 5) is 4.50. The number of nitrogens with zero attached hydrogens (tertiary/aromatic N) is 2. The molecule has 2 heterocycles. The molecular formula is C14H17ClN4O2. The molecule has 0 unspecified atom stereocenters. The number of nitrogen functional groups attached to an aromatic ring is 1. The number of nitrogens with two attached hydrogens (primary N) is 1. The highest BCUT2D eigenvalue weighted by molar-refractivity contribution is 6.33. The van der Waals surface area contributed by atoms with Crippen LogP contribution in [-0.2, 0) is 0 Å². The van der Waals surface area contributed by atoms with Crippen LogP contribution in [0.15, 0.2) is 16.7 Å². The molecule has 1 aromatic carbocycles. The molecule has 112 valence electrons. The van der Waals surface area contributed by atoms with Crippen LogP contribution in [-0.4, -0.2) is 30.3 Å². The van der Waals surface area contributed by atoms with Crippen LogP contribution in [0.5, 0.6) is 5.75 Å². The maximum absolute atomic E-state index is 6.07. The third-order valence-electron chi connectivity index (χ3n) is 3.70. The molecular weight excluding hydrogens is 292 g/mol. The van der Waals surface area contributed by atoms with Gasteiger partial charge in [0.25, 0.3) is 5.89 Å². The van der Waals surface area contributed by atoms with Gasteiger partial charge in [0.05, 0.1) is 23.4 Å². The summed E-state index contributed by atoms with van der Waals surface area (Å²) in [6, 6.07) is 3.35. The molecule has 7 heteroatoms. The number of methoxy groups -OCH3 is 1. The van der Waals surface area contributed by atoms with Crippen molar-refractivity contribution in [1.82, 2.24) is 15.5 Å². The minimum Gasteiger partial charge on any atom is -0.496 e. The van der Waals surface area contributed by atoms with Crippen LogP contribution < -0.4 is 15.8 Å². The van der Waals surface area contributed by atoms with Gasteiger partial charge in [0.2, 0.25) is 0 Å². The molecule has 6 nitrogen and oxygen atoms in total. The lowest BCUT2D eigenvalue weighted by molar-refractivity contribution is 0.387. The molecule has 21 heavy (non-hydrogen) atoms. The largest absolute Gasteiger partial charge is 0.496 e. The maximum atomic E-state index is 6.07. The molecule has 2 aromatic rings. The molecule has 3 rings (SSSR count). The summed E-state index contributed by atoms with van der Waals surface area (Å²) < 4.78 is 10.7. The van der Waals surface area contributed by atoms with Gasteiger partial charge in [0.15, 0.2) is 5.82 Å². The van der Waals surface area contributed by atoms with Crippen LogP contribution in [0.1, 0.15) is 24.6 Å². The molecule has 0 radical (unpaired) electrons. The molecule has 0 amide bonds. The van der Waals surface area contributed by atoms with Crippen LogP contribution in [0, 0.1) is 0 Å². The topological polar surface area (TPSA) is 86.2 Å². The van der Waals surface area contributed by atoms with E-state index in [4.69, 9.17) is 26.6 Å². The lowest BCUT2D eigenvalue weighted by Gasteiger charge is -2.18. The van der Waals surface area contributed by atoms with Gasteiger partial charge in [-0.3, -0.25) is 0 Å². The Balaban J connectivity index is 1.94. The molecule has 1 fully saturated rings. The number of rotatable bonds is 3. The van der Waals surface area contributed by atoms with Gasteiger partial charge in [-0.15, -0.1) is 0 Å². The highest BCUT2D eigenvalue weighted by Crippen LogP contribution is 2.36. The summed E-state index contributed by atoms with van der Waals surface area (Å²) in [6.07, 6.45) is 2.03. The predicted molar refractivity (Wildman–Crippen MR) is 80.6 cm³/mol. The molecule has 1 aromatic heterocycles. The number of nitrogens with one attached hydrogen (secondary N) is 1. The Hall–Kier alpha value is -1.79. The second kappa shape index (κ2) is 5.91. The van der Waals surface area contributed by atoms with Crippen molar-refractivity contribution in [3.05, 3.63) is 23.0 Å². The van der Waals surface area contributed by atoms with Crippen LogP contribution in [0.25, 0.3) is 11.5 Å². The van der Waals surface area contributed by atoms with Gasteiger partial charge in [-0.05, 0) is 32.0 Å². The van der Waals surface area contributed by atoms with Crippen molar-refractivity contribution in [2.75, 3.05) is 25.9 Å². The first-order chi connectivity index (χ1) is 10.2. The molecule has 3 N–H and O–H groups in total. The second-order valence-electron chi connectivity index (χ2n) is 5.06. The van der Waals surface area contributed by atoms with E-state index in [0.717, 1.165) is 31.8 Å². The zero-order chi connectivity index (χ0) is 14.8. The summed E-state index contributed by atoms with van der Waals surface area (Å²) in [5.74, 6) is 2.04. The van der Waals surface area contributed by atoms with E-state index in [1.807, 2.05) is 0 Å². The first-order valence-electron chi connectivity index (χ1n) is 6.86. The monoisotopic (exact) mass is 308 g/mol. The molecule has 1 aliphatic heterocycles. The van der Waals surface area contributed by atoms with E-state index in [-0.39, 0.29) is 0 Å². The Bertz CT molecular complexity index is 638. The van der Waals surface area contributed by atoms with Gasteiger partial charge >= 0.3 is 0 Å². The number of aromatic nitrogens is 2. The van der Waals surface area contributed by atoms with Crippen molar-refractivity contribution < 1.29 is 9.26 Å². The lowest BCUT2D eigenvalue weighted by Crippen LogP contribution is -2.27. The summed E-state index contributed by atoms with van der Waals surface area (Å²) >= 11 is 6.07. The second-order valence-corrected chi connectivity index (χ2v) is 5.46. The third kappa shape index (κ3) is 2.82. The van der Waals surface area contributed by atoms with E-state index in [1.54, 1.807) is 19.2 Å². The molecule has 1 aliphatic rings. The summed E-state index contributed by atoms with van der Waals surface area (Å²) in [7, 11) is 1.57. The summed E-state index contributed by atoms with van der Waals surface area (Å²) in [5.41, 5.74) is 6.89. The maximum Gasteiger partial charge on any atom is 0.261 e. The fourth-order valence-electron chi connectivity index (χ4n) is 2.50. The summed E-state index contributed by atoms with van der Waals surface area (Å²) in [5, 5.41) is 7.85. The standard InChI is InChI=1S/C14H17ClN4O2/c1-20-12-7-11(16)10(15)6-9(12)14-18-13(19-21-14)8-2-4-17-5-3-8/h6-8,17H,2-5,16H2,1H3. The van der Waals surface area contributed by atoms with Gasteiger partial charge in [-0.2, -0.15) is 4.98 Å². The van der Waals surface area contributed by atoms with Gasteiger partial charge in [0.1, 0.15) is 5.75 Å². The van der Waals surface area contributed by atoms with Crippen molar-refractivity contribution in [1.29, 1.82) is 0 Å². The Morgan fingerprint density at radius 3 is 2.86 bits per heavy atom. The number of piperidine rings is 1. The van der Waals surface area contributed by atoms with E-state index in [0.29, 0.717) is 33.8 Å². The van der Waals surface area contributed by atoms with Crippen molar-refractivity contribution in [2.45, 2.75) is 18.8 Å². The SMILES string of the molecule is COc1cc(N)c(Cl)cc1-c1nc(C2CCNCC2)no1. The minimum absolute atomic E-state index is 0.332. The molecule has 0 atom stereocenters. The molecule has 0 bridgehead atoms. The van der Waals surface area contributed by atoms with Gasteiger partial charge < -0.3 is 20.3 Å². The lowest BCUT2D eigenvalue weighted by atomic mass is 9.98. The number of ether oxygens (including phenoxy) is 1. The van der Waals surface area contributed by atoms with E-state index in [1.165, 1.54) is 0 Å². The van der Waals surface area contributed by atoms with Crippen molar-refractivity contribution in [3.63, 3.8) is 0 Å². The van der Waals surface area contributed by atoms with E-state index in [9.17, 15) is 0 Å². The van der Waals surface area contributed by atoms with Crippen molar-refractivity contribution >= 4 is 17.3 Å². The number of anilines is 1. The zero-order valence-electron chi connectivity index (χ0n) is 11.7. The van der Waals surface area contributed by atoms with Crippen LogP contribution in [0.4, 0.5) is 5.69 Å². The number of hydrogen-bond donors (Lipinski definition) is 2. The Kier molecular flexibility index (Phi) is 3.98. The highest BCUT2D eigenvalue weighted by atomic mass is 35.5. The van der Waals surface area contributed by atoms with Gasteiger partial charge in [-0.25, -0.2) is 0 Å². The average Bonchev–Trinajstić information content (AvgIpc) is 3.00. The Labute approximate surface area is 127 Å². The molecule has 1 saturated heterocycles. The molecule has 0 saturated carbocycles. The van der Waals surface area contributed by atoms with Crippen LogP contribution in [0.2, 0.25) is 5.02 Å². The molecule has 0 aliphatic carbocycles. The number of benzene rings is 1. The number of hydrogen-bond acceptors (Lipinski definition) is 6. The van der Waals surface area contributed by atoms with Gasteiger partial charge in [-0.1, -0.05) is 16.8 Å². The minimum atomic E-state index is 0.332. The van der Waals surface area contributed by atoms with Crippen LogP contribution >= 0.6 is 11.6 Å². The van der Waals surface area contributed by atoms with E-state index in [2.05, 4.69) is 15.5 Å². The van der Waals surface area contributed by atoms with Crippen LogP contribution in [0.3, 0.4) is 0 Å². The zero-order valence-corrected chi connectivity index (χ0v) is 12.5. The molecule has 0 spiro atoms. The number of halogens is 1. The quantitative estimate of drug-likeness (QED) is 0.847. The fraction of sp³-hybridized carbons (Fsp3) is 0.429. The predicted octanol–water partition coefficient (Wildman–Crippen LogP) is 2.45. The average molecular weight is 309 g/mol. The van der Waals surface area contributed by atoms with Crippen molar-refractivity contribution in [2.24, 2.45) is 0 Å². The Morgan fingerprint density at radius 2 is 2.14 bits per heavy atom. The van der Waals surface area contributed by atoms with Crippen molar-refractivity contribution in [3.8, 4) is 17.2 Å². The van der Waals surface area contributed by atoms with Gasteiger partial charge in [0, 0.05) is 12.0 Å². The van der Waals surface area contributed by atoms with E-state index >= 15 is 0 Å². The first kappa shape index (κ1) is 14.2.